The third-order valence-corrected chi connectivity index (χ3v) is 3.42. The van der Waals surface area contributed by atoms with Crippen molar-refractivity contribution in [1.29, 1.82) is 0 Å². The minimum Gasteiger partial charge on any atom is -0.479 e. The number of aliphatic hydroxyl groups excluding tert-OH is 1. The van der Waals surface area contributed by atoms with E-state index in [9.17, 15) is 14.4 Å². The number of aromatic carboxylic acids is 1. The van der Waals surface area contributed by atoms with Crippen LogP contribution in [-0.2, 0) is 29.1 Å². The predicted molar refractivity (Wildman–Crippen MR) is 91.6 cm³/mol. The quantitative estimate of drug-likeness (QED) is 0.412. The fourth-order valence-electron chi connectivity index (χ4n) is 1.86. The van der Waals surface area contributed by atoms with Crippen LogP contribution in [0, 0.1) is 0 Å². The Labute approximate surface area is 168 Å². The summed E-state index contributed by atoms with van der Waals surface area (Å²) in [7, 11) is 0. The van der Waals surface area contributed by atoms with Gasteiger partial charge in [-0.1, -0.05) is 12.1 Å². The molecule has 1 heterocycles. The van der Waals surface area contributed by atoms with E-state index in [1.807, 2.05) is 12.1 Å². The molecule has 2 atom stereocenters. The average molecular weight is 427 g/mol. The number of pyridine rings is 1. The van der Waals surface area contributed by atoms with Crippen molar-refractivity contribution in [2.75, 3.05) is 0 Å². The third kappa shape index (κ3) is 6.98. The average Bonchev–Trinajstić information content (AvgIpc) is 2.62. The van der Waals surface area contributed by atoms with Crippen LogP contribution in [0.1, 0.15) is 24.2 Å². The monoisotopic (exact) mass is 425 g/mol. The number of Topliss-reactive ketones (excluding diaryl/α,β-unsaturated/α-hetero) is 1. The summed E-state index contributed by atoms with van der Waals surface area (Å²) in [6.07, 6.45) is 1.95. The molecular formula is C18H19NO7Zn. The van der Waals surface area contributed by atoms with Crippen molar-refractivity contribution in [3.8, 4) is 11.1 Å². The van der Waals surface area contributed by atoms with Crippen molar-refractivity contribution in [1.82, 2.24) is 4.98 Å². The summed E-state index contributed by atoms with van der Waals surface area (Å²) in [5.41, 5.74) is -0.175. The maximum absolute atomic E-state index is 10.7. The van der Waals surface area contributed by atoms with Gasteiger partial charge < -0.3 is 20.4 Å². The van der Waals surface area contributed by atoms with E-state index in [-0.39, 0.29) is 19.5 Å². The van der Waals surface area contributed by atoms with E-state index in [1.165, 1.54) is 0 Å². The van der Waals surface area contributed by atoms with Crippen molar-refractivity contribution in [2.45, 2.75) is 25.6 Å². The van der Waals surface area contributed by atoms with Crippen LogP contribution >= 0.6 is 0 Å². The van der Waals surface area contributed by atoms with Crippen LogP contribution in [0.2, 0.25) is 0 Å². The van der Waals surface area contributed by atoms with Gasteiger partial charge in [0.1, 0.15) is 6.10 Å². The van der Waals surface area contributed by atoms with Gasteiger partial charge in [0.25, 0.3) is 0 Å². The Morgan fingerprint density at radius 2 is 1.41 bits per heavy atom. The van der Waals surface area contributed by atoms with Gasteiger partial charge in [-0.15, -0.1) is 0 Å². The number of carboxylic acid groups (broad SMARTS) is 2. The Bertz CT molecular complexity index is 774. The van der Waals surface area contributed by atoms with Gasteiger partial charge in [-0.3, -0.25) is 9.78 Å². The van der Waals surface area contributed by atoms with Gasteiger partial charge in [-0.2, -0.15) is 0 Å². The molecule has 1 aromatic carbocycles. The number of hydrogen-bond donors (Lipinski definition) is 4. The number of aromatic nitrogens is 1. The fourth-order valence-corrected chi connectivity index (χ4v) is 1.86. The van der Waals surface area contributed by atoms with E-state index < -0.39 is 29.4 Å². The minimum atomic E-state index is -2.49. The first-order valence-corrected chi connectivity index (χ1v) is 7.49. The molecular weight excluding hydrogens is 408 g/mol. The van der Waals surface area contributed by atoms with Crippen LogP contribution in [0.25, 0.3) is 11.1 Å². The molecule has 9 heteroatoms. The largest absolute Gasteiger partial charge is 0.479 e. The second kappa shape index (κ2) is 10.6. The smallest absolute Gasteiger partial charge is 0.343 e. The fraction of sp³-hybridized carbons (Fsp3) is 0.222. The number of ketones is 1. The van der Waals surface area contributed by atoms with E-state index in [0.717, 1.165) is 25.0 Å². The topological polar surface area (TPSA) is 145 Å². The molecule has 1 aromatic heterocycles. The normalized spacial score (nSPS) is 13.0. The first kappa shape index (κ1) is 24.5. The molecule has 4 N–H and O–H groups in total. The van der Waals surface area contributed by atoms with Crippen molar-refractivity contribution in [2.24, 2.45) is 0 Å². The van der Waals surface area contributed by atoms with Gasteiger partial charge in [0, 0.05) is 31.9 Å². The van der Waals surface area contributed by atoms with Gasteiger partial charge in [0.2, 0.25) is 11.4 Å². The van der Waals surface area contributed by atoms with Gasteiger partial charge in [0.15, 0.2) is 0 Å². The zero-order valence-corrected chi connectivity index (χ0v) is 17.8. The number of hydrogen-bond acceptors (Lipinski definition) is 6. The molecule has 0 aliphatic heterocycles. The number of aliphatic carboxylic acids is 1. The standard InChI is InChI=1S/C12H9NO2.C6H10O5.Zn/c14-12(15)11-3-1-9(2-4-11)10-5-7-13-8-6-10;1-3(7)4(8)6(2,11)5(9)10;/h1-8H,(H,14,15);3,7,11H,1-2H3,(H,9,10);. The second-order valence-corrected chi connectivity index (χ2v) is 5.54. The Hall–Kier alpha value is -2.48. The molecule has 0 fully saturated rings. The number of nitrogens with zero attached hydrogens (tertiary/aromatic N) is 1. The summed E-state index contributed by atoms with van der Waals surface area (Å²) >= 11 is 0. The number of rotatable bonds is 5. The molecule has 0 amide bonds. The van der Waals surface area contributed by atoms with Crippen LogP contribution in [0.5, 0.6) is 0 Å². The Kier molecular flexibility index (Phi) is 9.64. The Morgan fingerprint density at radius 1 is 0.963 bits per heavy atom. The van der Waals surface area contributed by atoms with Crippen LogP contribution in [0.15, 0.2) is 48.8 Å². The van der Waals surface area contributed by atoms with Crippen LogP contribution in [0.3, 0.4) is 0 Å². The third-order valence-electron chi connectivity index (χ3n) is 3.42. The van der Waals surface area contributed by atoms with E-state index in [1.54, 1.807) is 36.7 Å². The molecule has 8 nitrogen and oxygen atoms in total. The van der Waals surface area contributed by atoms with Crippen molar-refractivity contribution in [3.05, 3.63) is 54.4 Å². The van der Waals surface area contributed by atoms with E-state index in [2.05, 4.69) is 4.98 Å². The molecule has 140 valence electrons. The van der Waals surface area contributed by atoms with Crippen LogP contribution < -0.4 is 0 Å². The number of carbonyl (C=O) groups is 3. The molecule has 2 aromatic rings. The van der Waals surface area contributed by atoms with Crippen molar-refractivity contribution < 1.29 is 54.3 Å². The molecule has 0 spiro atoms. The summed E-state index contributed by atoms with van der Waals surface area (Å²) in [6.45, 7) is 1.92. The van der Waals surface area contributed by atoms with Gasteiger partial charge in [-0.05, 0) is 49.2 Å². The number of carbonyl (C=O) groups excluding carboxylic acids is 1. The van der Waals surface area contributed by atoms with Gasteiger partial charge >= 0.3 is 11.9 Å². The molecule has 0 aliphatic carbocycles. The zero-order valence-electron chi connectivity index (χ0n) is 14.9. The Balaban J connectivity index is 0.000000509. The summed E-state index contributed by atoms with van der Waals surface area (Å²) in [4.78, 5) is 35.5. The van der Waals surface area contributed by atoms with E-state index in [0.29, 0.717) is 5.56 Å². The molecule has 0 radical (unpaired) electrons. The molecule has 27 heavy (non-hydrogen) atoms. The molecule has 2 unspecified atom stereocenters. The van der Waals surface area contributed by atoms with Crippen LogP contribution in [-0.4, -0.2) is 54.8 Å². The molecule has 2 rings (SSSR count). The van der Waals surface area contributed by atoms with Gasteiger partial charge in [0.05, 0.1) is 5.56 Å². The number of carboxylic acids is 2. The SMILES string of the molecule is CC(O)C(=O)C(C)(O)C(=O)O.O=C(O)c1ccc(-c2ccncc2)cc1.[Zn]. The van der Waals surface area contributed by atoms with Crippen molar-refractivity contribution in [3.63, 3.8) is 0 Å². The predicted octanol–water partition coefficient (Wildman–Crippen LogP) is 1.22. The summed E-state index contributed by atoms with van der Waals surface area (Å²) in [6, 6.07) is 10.5. The number of benzene rings is 1. The zero-order chi connectivity index (χ0) is 19.9. The molecule has 0 saturated carbocycles. The Morgan fingerprint density at radius 3 is 1.74 bits per heavy atom. The summed E-state index contributed by atoms with van der Waals surface area (Å²) < 4.78 is 0. The van der Waals surface area contributed by atoms with E-state index >= 15 is 0 Å². The molecule has 0 bridgehead atoms. The van der Waals surface area contributed by atoms with Crippen LogP contribution in [0.4, 0.5) is 0 Å². The second-order valence-electron chi connectivity index (χ2n) is 5.54. The molecule has 0 saturated heterocycles. The maximum Gasteiger partial charge on any atom is 0.343 e. The minimum absolute atomic E-state index is 0. The molecule has 0 aliphatic rings. The maximum atomic E-state index is 10.7. The first-order chi connectivity index (χ1) is 12.1. The van der Waals surface area contributed by atoms with Gasteiger partial charge in [-0.25, -0.2) is 9.59 Å². The summed E-state index contributed by atoms with van der Waals surface area (Å²) in [5, 5.41) is 34.6. The summed E-state index contributed by atoms with van der Waals surface area (Å²) in [5.74, 6) is -3.69. The first-order valence-electron chi connectivity index (χ1n) is 7.49. The number of aliphatic hydroxyl groups is 2. The van der Waals surface area contributed by atoms with E-state index in [4.69, 9.17) is 20.4 Å². The van der Waals surface area contributed by atoms with Crippen molar-refractivity contribution >= 4 is 17.7 Å².